The molecule has 4 nitrogen and oxygen atoms in total. The number of likely N-dealkylation sites (tertiary alicyclic amines) is 1. The van der Waals surface area contributed by atoms with Crippen molar-refractivity contribution in [3.8, 4) is 0 Å². The first-order chi connectivity index (χ1) is 8.56. The van der Waals surface area contributed by atoms with Gasteiger partial charge in [0.25, 0.3) is 0 Å². The maximum Gasteiger partial charge on any atom is 0.240 e. The third kappa shape index (κ3) is 3.23. The fraction of sp³-hybridized carbons (Fsp3) is 0.500. The Hall–Kier alpha value is -1.07. The standard InChI is InChI=1S/C12H15ClN2O2S/c1-8(9-4-5-10(13)18-9)14-11(16)7-15-6-2-3-12(15)17/h4-5,8H,2-3,6-7H2,1H3,(H,14,16). The molecule has 2 amide bonds. The molecule has 0 radical (unpaired) electrons. The van der Waals surface area contributed by atoms with Gasteiger partial charge in [-0.15, -0.1) is 11.3 Å². The summed E-state index contributed by atoms with van der Waals surface area (Å²) in [5, 5.41) is 2.88. The van der Waals surface area contributed by atoms with Crippen LogP contribution in [0.4, 0.5) is 0 Å². The summed E-state index contributed by atoms with van der Waals surface area (Å²) in [6, 6.07) is 3.64. The second-order valence-electron chi connectivity index (χ2n) is 4.35. The van der Waals surface area contributed by atoms with Crippen molar-refractivity contribution in [1.29, 1.82) is 0 Å². The lowest BCUT2D eigenvalue weighted by Gasteiger charge is -2.17. The molecule has 1 unspecified atom stereocenters. The van der Waals surface area contributed by atoms with Crippen LogP contribution in [0.3, 0.4) is 0 Å². The van der Waals surface area contributed by atoms with Crippen LogP contribution in [0.2, 0.25) is 4.34 Å². The van der Waals surface area contributed by atoms with Crippen LogP contribution in [0.5, 0.6) is 0 Å². The summed E-state index contributed by atoms with van der Waals surface area (Å²) in [6.07, 6.45) is 1.41. The van der Waals surface area contributed by atoms with Gasteiger partial charge in [0.15, 0.2) is 0 Å². The molecule has 6 heteroatoms. The second-order valence-corrected chi connectivity index (χ2v) is 6.10. The molecular weight excluding hydrogens is 272 g/mol. The lowest BCUT2D eigenvalue weighted by atomic mass is 10.2. The molecule has 0 aliphatic carbocycles. The van der Waals surface area contributed by atoms with Gasteiger partial charge >= 0.3 is 0 Å². The van der Waals surface area contributed by atoms with Gasteiger partial charge in [-0.1, -0.05) is 11.6 Å². The van der Waals surface area contributed by atoms with E-state index in [4.69, 9.17) is 11.6 Å². The first-order valence-electron chi connectivity index (χ1n) is 5.88. The maximum absolute atomic E-state index is 11.8. The van der Waals surface area contributed by atoms with E-state index >= 15 is 0 Å². The van der Waals surface area contributed by atoms with Gasteiger partial charge in [-0.05, 0) is 25.5 Å². The van der Waals surface area contributed by atoms with Gasteiger partial charge in [0, 0.05) is 17.8 Å². The third-order valence-electron chi connectivity index (χ3n) is 2.90. The molecule has 1 aliphatic heterocycles. The molecule has 1 atom stereocenters. The quantitative estimate of drug-likeness (QED) is 0.922. The van der Waals surface area contributed by atoms with E-state index in [9.17, 15) is 9.59 Å². The molecule has 0 saturated carbocycles. The Labute approximate surface area is 115 Å². The smallest absolute Gasteiger partial charge is 0.240 e. The van der Waals surface area contributed by atoms with Crippen LogP contribution < -0.4 is 5.32 Å². The summed E-state index contributed by atoms with van der Waals surface area (Å²) < 4.78 is 0.709. The average molecular weight is 287 g/mol. The number of nitrogens with one attached hydrogen (secondary N) is 1. The molecule has 18 heavy (non-hydrogen) atoms. The monoisotopic (exact) mass is 286 g/mol. The number of amides is 2. The van der Waals surface area contributed by atoms with Crippen LogP contribution in [-0.4, -0.2) is 29.8 Å². The van der Waals surface area contributed by atoms with E-state index in [0.717, 1.165) is 11.3 Å². The molecule has 1 aromatic rings. The Balaban J connectivity index is 1.85. The second kappa shape index (κ2) is 5.71. The molecule has 1 saturated heterocycles. The highest BCUT2D eigenvalue weighted by molar-refractivity contribution is 7.16. The lowest BCUT2D eigenvalue weighted by Crippen LogP contribution is -2.38. The number of rotatable bonds is 4. The van der Waals surface area contributed by atoms with Crippen molar-refractivity contribution in [3.05, 3.63) is 21.3 Å². The summed E-state index contributed by atoms with van der Waals surface area (Å²) in [4.78, 5) is 25.8. The van der Waals surface area contributed by atoms with Crippen LogP contribution in [0.25, 0.3) is 0 Å². The van der Waals surface area contributed by atoms with Crippen molar-refractivity contribution in [3.63, 3.8) is 0 Å². The molecule has 0 spiro atoms. The van der Waals surface area contributed by atoms with E-state index in [0.29, 0.717) is 17.3 Å². The molecule has 0 bridgehead atoms. The zero-order chi connectivity index (χ0) is 13.1. The average Bonchev–Trinajstić information content (AvgIpc) is 2.89. The Morgan fingerprint density at radius 3 is 2.94 bits per heavy atom. The molecule has 2 heterocycles. The topological polar surface area (TPSA) is 49.4 Å². The highest BCUT2D eigenvalue weighted by atomic mass is 35.5. The van der Waals surface area contributed by atoms with Gasteiger partial charge in [0.2, 0.25) is 11.8 Å². The number of carbonyl (C=O) groups excluding carboxylic acids is 2. The molecule has 1 N–H and O–H groups in total. The van der Waals surface area contributed by atoms with Crippen molar-refractivity contribution in [2.75, 3.05) is 13.1 Å². The van der Waals surface area contributed by atoms with Gasteiger partial charge in [0.05, 0.1) is 16.9 Å². The van der Waals surface area contributed by atoms with Crippen molar-refractivity contribution in [2.45, 2.75) is 25.8 Å². The largest absolute Gasteiger partial charge is 0.347 e. The predicted molar refractivity (Wildman–Crippen MR) is 71.7 cm³/mol. The van der Waals surface area contributed by atoms with Gasteiger partial charge < -0.3 is 10.2 Å². The Morgan fingerprint density at radius 2 is 2.39 bits per heavy atom. The van der Waals surface area contributed by atoms with Gasteiger partial charge in [-0.25, -0.2) is 0 Å². The first-order valence-corrected chi connectivity index (χ1v) is 7.08. The fourth-order valence-corrected chi connectivity index (χ4v) is 3.03. The highest BCUT2D eigenvalue weighted by Crippen LogP contribution is 2.26. The molecule has 1 aromatic heterocycles. The van der Waals surface area contributed by atoms with Crippen molar-refractivity contribution >= 4 is 34.8 Å². The SMILES string of the molecule is CC(NC(=O)CN1CCCC1=O)c1ccc(Cl)s1. The van der Waals surface area contributed by atoms with Gasteiger partial charge in [-0.2, -0.15) is 0 Å². The number of hydrogen-bond acceptors (Lipinski definition) is 3. The van der Waals surface area contributed by atoms with Crippen LogP contribution in [0.15, 0.2) is 12.1 Å². The highest BCUT2D eigenvalue weighted by Gasteiger charge is 2.23. The number of carbonyl (C=O) groups is 2. The van der Waals surface area contributed by atoms with E-state index in [1.807, 2.05) is 19.1 Å². The Bertz CT molecular complexity index is 461. The van der Waals surface area contributed by atoms with Crippen molar-refractivity contribution < 1.29 is 9.59 Å². The van der Waals surface area contributed by atoms with Crippen molar-refractivity contribution in [2.24, 2.45) is 0 Å². The molecule has 1 fully saturated rings. The number of halogens is 1. The van der Waals surface area contributed by atoms with Crippen molar-refractivity contribution in [1.82, 2.24) is 10.2 Å². The van der Waals surface area contributed by atoms with E-state index < -0.39 is 0 Å². The minimum atomic E-state index is -0.123. The summed E-state index contributed by atoms with van der Waals surface area (Å²) in [5.41, 5.74) is 0. The number of hydrogen-bond donors (Lipinski definition) is 1. The number of nitrogens with zero attached hydrogens (tertiary/aromatic N) is 1. The molecule has 98 valence electrons. The summed E-state index contributed by atoms with van der Waals surface area (Å²) in [7, 11) is 0. The minimum Gasteiger partial charge on any atom is -0.347 e. The molecule has 2 rings (SSSR count). The zero-order valence-electron chi connectivity index (χ0n) is 10.1. The van der Waals surface area contributed by atoms with E-state index in [1.54, 1.807) is 4.90 Å². The Morgan fingerprint density at radius 1 is 1.61 bits per heavy atom. The normalized spacial score (nSPS) is 17.0. The fourth-order valence-electron chi connectivity index (χ4n) is 1.96. The van der Waals surface area contributed by atoms with Crippen LogP contribution >= 0.6 is 22.9 Å². The molecule has 1 aliphatic rings. The number of thiophene rings is 1. The predicted octanol–water partition coefficient (Wildman–Crippen LogP) is 2.20. The first kappa shape index (κ1) is 13.4. The van der Waals surface area contributed by atoms with E-state index in [2.05, 4.69) is 5.32 Å². The van der Waals surface area contributed by atoms with E-state index in [-0.39, 0.29) is 24.4 Å². The molecule has 0 aromatic carbocycles. The lowest BCUT2D eigenvalue weighted by molar-refractivity contribution is -0.133. The summed E-state index contributed by atoms with van der Waals surface area (Å²) in [5.74, 6) is -0.0563. The maximum atomic E-state index is 11.8. The summed E-state index contributed by atoms with van der Waals surface area (Å²) in [6.45, 7) is 2.75. The van der Waals surface area contributed by atoms with Crippen LogP contribution in [-0.2, 0) is 9.59 Å². The Kier molecular flexibility index (Phi) is 4.24. The van der Waals surface area contributed by atoms with E-state index in [1.165, 1.54) is 11.3 Å². The van der Waals surface area contributed by atoms with Crippen LogP contribution in [0.1, 0.15) is 30.7 Å². The van der Waals surface area contributed by atoms with Crippen LogP contribution in [0, 0.1) is 0 Å². The van der Waals surface area contributed by atoms with Gasteiger partial charge in [-0.3, -0.25) is 9.59 Å². The summed E-state index contributed by atoms with van der Waals surface area (Å²) >= 11 is 7.30. The third-order valence-corrected chi connectivity index (χ3v) is 4.32. The molecular formula is C12H15ClN2O2S. The minimum absolute atomic E-state index is 0.0666. The van der Waals surface area contributed by atoms with Gasteiger partial charge in [0.1, 0.15) is 0 Å². The zero-order valence-corrected chi connectivity index (χ0v) is 11.7.